The standard InChI is InChI=1S/C13H30O3Si2/c1-11(2)9-17(5,6)15-13(14)16-18(7,8)10-12(3)4/h11-12H,9-10H2,1-8H3. The Hall–Kier alpha value is -0.296. The van der Waals surface area contributed by atoms with Gasteiger partial charge in [-0.05, 0) is 50.1 Å². The van der Waals surface area contributed by atoms with E-state index in [0.717, 1.165) is 12.1 Å². The predicted molar refractivity (Wildman–Crippen MR) is 81.8 cm³/mol. The van der Waals surface area contributed by atoms with Crippen molar-refractivity contribution in [1.82, 2.24) is 0 Å². The second kappa shape index (κ2) is 6.75. The van der Waals surface area contributed by atoms with Gasteiger partial charge in [-0.2, -0.15) is 0 Å². The van der Waals surface area contributed by atoms with Crippen molar-refractivity contribution in [3.8, 4) is 0 Å². The van der Waals surface area contributed by atoms with Crippen molar-refractivity contribution < 1.29 is 13.6 Å². The first-order chi connectivity index (χ1) is 7.93. The molecule has 0 saturated heterocycles. The first kappa shape index (κ1) is 17.7. The lowest BCUT2D eigenvalue weighted by Crippen LogP contribution is -2.40. The van der Waals surface area contributed by atoms with Crippen molar-refractivity contribution in [2.24, 2.45) is 11.8 Å². The van der Waals surface area contributed by atoms with Gasteiger partial charge in [-0.1, -0.05) is 27.7 Å². The van der Waals surface area contributed by atoms with E-state index >= 15 is 0 Å². The van der Waals surface area contributed by atoms with Gasteiger partial charge < -0.3 is 8.85 Å². The van der Waals surface area contributed by atoms with Crippen molar-refractivity contribution in [1.29, 1.82) is 0 Å². The second-order valence-electron chi connectivity index (χ2n) is 7.17. The van der Waals surface area contributed by atoms with E-state index in [2.05, 4.69) is 53.9 Å². The molecule has 0 N–H and O–H groups in total. The maximum atomic E-state index is 11.9. The molecule has 0 bridgehead atoms. The molecule has 0 aliphatic heterocycles. The Balaban J connectivity index is 4.34. The minimum Gasteiger partial charge on any atom is -0.490 e. The van der Waals surface area contributed by atoms with E-state index in [1.807, 2.05) is 0 Å². The fraction of sp³-hybridized carbons (Fsp3) is 0.923. The van der Waals surface area contributed by atoms with Crippen molar-refractivity contribution >= 4 is 22.8 Å². The molecule has 0 amide bonds. The maximum Gasteiger partial charge on any atom is 0.480 e. The van der Waals surface area contributed by atoms with Gasteiger partial charge in [0.1, 0.15) is 0 Å². The Morgan fingerprint density at radius 3 is 1.33 bits per heavy atom. The third kappa shape index (κ3) is 8.75. The van der Waals surface area contributed by atoms with Crippen LogP contribution in [-0.2, 0) is 8.85 Å². The van der Waals surface area contributed by atoms with Crippen molar-refractivity contribution in [3.63, 3.8) is 0 Å². The molecule has 0 aromatic rings. The number of carbonyl (C=O) groups excluding carboxylic acids is 1. The molecule has 0 saturated carbocycles. The van der Waals surface area contributed by atoms with Gasteiger partial charge in [0.2, 0.25) is 0 Å². The Morgan fingerprint density at radius 2 is 1.11 bits per heavy atom. The number of hydrogen-bond acceptors (Lipinski definition) is 3. The van der Waals surface area contributed by atoms with Crippen molar-refractivity contribution in [3.05, 3.63) is 0 Å². The fourth-order valence-electron chi connectivity index (χ4n) is 2.52. The molecule has 3 nitrogen and oxygen atoms in total. The van der Waals surface area contributed by atoms with E-state index < -0.39 is 22.8 Å². The summed E-state index contributed by atoms with van der Waals surface area (Å²) in [4.78, 5) is 11.9. The third-order valence-corrected chi connectivity index (χ3v) is 7.56. The molecular weight excluding hydrogens is 260 g/mol. The Bertz CT molecular complexity index is 247. The lowest BCUT2D eigenvalue weighted by atomic mass is 10.3. The SMILES string of the molecule is CC(C)C[Si](C)(C)OC(=O)O[Si](C)(C)CC(C)C. The predicted octanol–water partition coefficient (Wildman–Crippen LogP) is 4.86. The van der Waals surface area contributed by atoms with Gasteiger partial charge in [0, 0.05) is 0 Å². The minimum absolute atomic E-state index is 0.440. The monoisotopic (exact) mass is 290 g/mol. The van der Waals surface area contributed by atoms with Crippen LogP contribution in [0.4, 0.5) is 4.79 Å². The normalized spacial score (nSPS) is 13.0. The van der Waals surface area contributed by atoms with Gasteiger partial charge in [0.25, 0.3) is 16.6 Å². The first-order valence-electron chi connectivity index (χ1n) is 6.85. The van der Waals surface area contributed by atoms with Crippen LogP contribution in [0, 0.1) is 11.8 Å². The third-order valence-electron chi connectivity index (χ3n) is 2.52. The van der Waals surface area contributed by atoms with Gasteiger partial charge in [0.15, 0.2) is 0 Å². The Labute approximate surface area is 115 Å². The van der Waals surface area contributed by atoms with Crippen LogP contribution in [0.15, 0.2) is 0 Å². The fourth-order valence-corrected chi connectivity index (χ4v) is 7.69. The average molecular weight is 291 g/mol. The number of rotatable bonds is 6. The molecule has 0 aromatic carbocycles. The lowest BCUT2D eigenvalue weighted by molar-refractivity contribution is 0.145. The summed E-state index contributed by atoms with van der Waals surface area (Å²) < 4.78 is 11.2. The zero-order valence-corrected chi connectivity index (χ0v) is 15.3. The zero-order chi connectivity index (χ0) is 14.6. The highest BCUT2D eigenvalue weighted by atomic mass is 28.4. The molecule has 5 heteroatoms. The molecule has 0 atom stereocenters. The summed E-state index contributed by atoms with van der Waals surface area (Å²) in [7, 11) is -3.84. The molecule has 0 spiro atoms. The van der Waals surface area contributed by atoms with Crippen LogP contribution in [0.1, 0.15) is 27.7 Å². The summed E-state index contributed by atoms with van der Waals surface area (Å²) in [6.07, 6.45) is -0.440. The molecule has 0 rings (SSSR count). The lowest BCUT2D eigenvalue weighted by Gasteiger charge is -2.28. The topological polar surface area (TPSA) is 35.5 Å². The summed E-state index contributed by atoms with van der Waals surface area (Å²) >= 11 is 0. The van der Waals surface area contributed by atoms with Crippen LogP contribution >= 0.6 is 0 Å². The highest BCUT2D eigenvalue weighted by molar-refractivity contribution is 6.74. The summed E-state index contributed by atoms with van der Waals surface area (Å²) in [5.41, 5.74) is 0. The van der Waals surface area contributed by atoms with Gasteiger partial charge in [-0.25, -0.2) is 4.79 Å². The molecule has 0 unspecified atom stereocenters. The summed E-state index contributed by atoms with van der Waals surface area (Å²) in [6, 6.07) is 1.96. The average Bonchev–Trinajstić information content (AvgIpc) is 1.92. The molecule has 18 heavy (non-hydrogen) atoms. The largest absolute Gasteiger partial charge is 0.490 e. The zero-order valence-electron chi connectivity index (χ0n) is 13.3. The summed E-state index contributed by atoms with van der Waals surface area (Å²) in [5.74, 6) is 1.11. The van der Waals surface area contributed by atoms with Crippen LogP contribution in [0.25, 0.3) is 0 Å². The van der Waals surface area contributed by atoms with Crippen molar-refractivity contribution in [2.45, 2.75) is 66.0 Å². The van der Waals surface area contributed by atoms with Crippen LogP contribution in [-0.4, -0.2) is 22.8 Å². The van der Waals surface area contributed by atoms with Gasteiger partial charge in [0.05, 0.1) is 0 Å². The van der Waals surface area contributed by atoms with E-state index in [1.165, 1.54) is 0 Å². The molecule has 0 aliphatic rings. The van der Waals surface area contributed by atoms with Gasteiger partial charge >= 0.3 is 6.16 Å². The maximum absolute atomic E-state index is 11.9. The van der Waals surface area contributed by atoms with Crippen molar-refractivity contribution in [2.75, 3.05) is 0 Å². The van der Waals surface area contributed by atoms with E-state index in [1.54, 1.807) is 0 Å². The quantitative estimate of drug-likeness (QED) is 0.655. The van der Waals surface area contributed by atoms with Crippen LogP contribution in [0.3, 0.4) is 0 Å². The van der Waals surface area contributed by atoms with Gasteiger partial charge in [-0.15, -0.1) is 0 Å². The Morgan fingerprint density at radius 1 is 0.833 bits per heavy atom. The van der Waals surface area contributed by atoms with Gasteiger partial charge in [-0.3, -0.25) is 0 Å². The molecule has 0 radical (unpaired) electrons. The summed E-state index contributed by atoms with van der Waals surface area (Å²) in [6.45, 7) is 16.9. The molecule has 108 valence electrons. The minimum atomic E-state index is -1.92. The highest BCUT2D eigenvalue weighted by Crippen LogP contribution is 2.22. The Kier molecular flexibility index (Phi) is 6.64. The van der Waals surface area contributed by atoms with E-state index in [9.17, 15) is 4.79 Å². The molecular formula is C13H30O3Si2. The molecule has 0 aromatic heterocycles. The smallest absolute Gasteiger partial charge is 0.480 e. The molecule has 0 heterocycles. The molecule has 0 aliphatic carbocycles. The summed E-state index contributed by atoms with van der Waals surface area (Å²) in [5, 5.41) is 0. The second-order valence-corrected chi connectivity index (χ2v) is 15.4. The van der Waals surface area contributed by atoms with Crippen LogP contribution in [0.5, 0.6) is 0 Å². The van der Waals surface area contributed by atoms with Crippen LogP contribution in [0.2, 0.25) is 38.3 Å². The molecule has 0 fully saturated rings. The van der Waals surface area contributed by atoms with E-state index in [-0.39, 0.29) is 0 Å². The number of carbonyl (C=O) groups is 1. The highest BCUT2D eigenvalue weighted by Gasteiger charge is 2.33. The number of hydrogen-bond donors (Lipinski definition) is 0. The van der Waals surface area contributed by atoms with Crippen LogP contribution < -0.4 is 0 Å². The van der Waals surface area contributed by atoms with E-state index in [4.69, 9.17) is 8.85 Å². The first-order valence-corrected chi connectivity index (χ1v) is 13.1. The van der Waals surface area contributed by atoms with E-state index in [0.29, 0.717) is 11.8 Å².